The average Bonchev–Trinajstić information content (AvgIpc) is 2.37. The topological polar surface area (TPSA) is 75.4 Å². The van der Waals surface area contributed by atoms with Gasteiger partial charge in [-0.05, 0) is 25.5 Å². The van der Waals surface area contributed by atoms with Crippen LogP contribution < -0.4 is 11.1 Å². The molecule has 20 heavy (non-hydrogen) atoms. The number of carbonyl (C=O) groups is 2. The first-order valence-electron chi connectivity index (χ1n) is 6.51. The van der Waals surface area contributed by atoms with Crippen molar-refractivity contribution in [3.05, 3.63) is 34.9 Å². The Labute approximate surface area is 123 Å². The van der Waals surface area contributed by atoms with E-state index in [-0.39, 0.29) is 30.4 Å². The Kier molecular flexibility index (Phi) is 4.42. The van der Waals surface area contributed by atoms with Gasteiger partial charge in [0, 0.05) is 11.1 Å². The highest BCUT2D eigenvalue weighted by Crippen LogP contribution is 2.31. The molecule has 0 spiro atoms. The predicted octanol–water partition coefficient (Wildman–Crippen LogP) is 1.08. The van der Waals surface area contributed by atoms with E-state index in [0.717, 1.165) is 5.56 Å². The van der Waals surface area contributed by atoms with Crippen LogP contribution in [0.4, 0.5) is 0 Å². The van der Waals surface area contributed by atoms with Crippen molar-refractivity contribution in [1.29, 1.82) is 0 Å². The van der Waals surface area contributed by atoms with Gasteiger partial charge in [0.15, 0.2) is 0 Å². The van der Waals surface area contributed by atoms with Crippen LogP contribution in [0.1, 0.15) is 25.5 Å². The number of benzene rings is 1. The van der Waals surface area contributed by atoms with Gasteiger partial charge in [-0.2, -0.15) is 0 Å². The van der Waals surface area contributed by atoms with E-state index >= 15 is 0 Å². The number of amides is 2. The van der Waals surface area contributed by atoms with Crippen molar-refractivity contribution in [2.24, 2.45) is 5.73 Å². The molecule has 3 unspecified atom stereocenters. The molecule has 3 N–H and O–H groups in total. The van der Waals surface area contributed by atoms with E-state index < -0.39 is 6.04 Å². The summed E-state index contributed by atoms with van der Waals surface area (Å²) in [7, 11) is 0. The van der Waals surface area contributed by atoms with Gasteiger partial charge in [-0.3, -0.25) is 19.8 Å². The highest BCUT2D eigenvalue weighted by Gasteiger charge is 2.37. The van der Waals surface area contributed by atoms with E-state index in [1.54, 1.807) is 17.9 Å². The molecule has 0 bridgehead atoms. The highest BCUT2D eigenvalue weighted by molar-refractivity contribution is 6.31. The van der Waals surface area contributed by atoms with Gasteiger partial charge in [-0.1, -0.05) is 29.8 Å². The third-order valence-electron chi connectivity index (χ3n) is 3.54. The van der Waals surface area contributed by atoms with Gasteiger partial charge >= 0.3 is 0 Å². The van der Waals surface area contributed by atoms with Crippen LogP contribution in [0.2, 0.25) is 5.02 Å². The lowest BCUT2D eigenvalue weighted by Gasteiger charge is -2.40. The minimum absolute atomic E-state index is 0.129. The predicted molar refractivity (Wildman–Crippen MR) is 77.2 cm³/mol. The van der Waals surface area contributed by atoms with E-state index in [1.165, 1.54) is 0 Å². The van der Waals surface area contributed by atoms with Gasteiger partial charge in [-0.15, -0.1) is 0 Å². The van der Waals surface area contributed by atoms with E-state index in [9.17, 15) is 9.59 Å². The first-order valence-corrected chi connectivity index (χ1v) is 6.89. The molecule has 1 heterocycles. The number of nitrogens with zero attached hydrogens (tertiary/aromatic N) is 1. The summed E-state index contributed by atoms with van der Waals surface area (Å²) < 4.78 is 0. The molecule has 2 amide bonds. The molecule has 1 aromatic rings. The molecule has 0 saturated carbocycles. The fourth-order valence-electron chi connectivity index (χ4n) is 2.55. The number of piperazine rings is 1. The SMILES string of the molecule is CC(N)C(c1ccccc1Cl)N1CC(=O)NC(=O)C1C. The largest absolute Gasteiger partial charge is 0.326 e. The van der Waals surface area contributed by atoms with Crippen molar-refractivity contribution in [2.45, 2.75) is 32.0 Å². The van der Waals surface area contributed by atoms with Gasteiger partial charge in [0.2, 0.25) is 11.8 Å². The first kappa shape index (κ1) is 15.0. The second-order valence-electron chi connectivity index (χ2n) is 5.09. The second-order valence-corrected chi connectivity index (χ2v) is 5.49. The van der Waals surface area contributed by atoms with Crippen LogP contribution >= 0.6 is 11.6 Å². The van der Waals surface area contributed by atoms with Crippen molar-refractivity contribution in [2.75, 3.05) is 6.54 Å². The third kappa shape index (κ3) is 2.85. The summed E-state index contributed by atoms with van der Waals surface area (Å²) in [5.74, 6) is -0.621. The number of halogens is 1. The molecule has 2 rings (SSSR count). The normalized spacial score (nSPS) is 23.3. The number of nitrogens with two attached hydrogens (primary N) is 1. The van der Waals surface area contributed by atoms with Crippen LogP contribution in [0.25, 0.3) is 0 Å². The molecule has 5 nitrogen and oxygen atoms in total. The molecule has 108 valence electrons. The summed E-state index contributed by atoms with van der Waals surface area (Å²) in [5.41, 5.74) is 6.91. The molecule has 1 aromatic carbocycles. The number of hydrogen-bond acceptors (Lipinski definition) is 4. The molecule has 1 aliphatic heterocycles. The molecule has 6 heteroatoms. The summed E-state index contributed by atoms with van der Waals surface area (Å²) in [6.07, 6.45) is 0. The smallest absolute Gasteiger partial charge is 0.243 e. The van der Waals surface area contributed by atoms with Gasteiger partial charge in [-0.25, -0.2) is 0 Å². The number of imide groups is 1. The summed E-state index contributed by atoms with van der Waals surface area (Å²) in [5, 5.41) is 2.91. The van der Waals surface area contributed by atoms with Crippen LogP contribution in [0, 0.1) is 0 Å². The summed E-state index contributed by atoms with van der Waals surface area (Å²) in [6.45, 7) is 3.73. The van der Waals surface area contributed by atoms with Crippen LogP contribution in [-0.2, 0) is 9.59 Å². The highest BCUT2D eigenvalue weighted by atomic mass is 35.5. The van der Waals surface area contributed by atoms with E-state index in [0.29, 0.717) is 5.02 Å². The second kappa shape index (κ2) is 5.91. The van der Waals surface area contributed by atoms with E-state index in [1.807, 2.05) is 25.1 Å². The Morgan fingerprint density at radius 3 is 2.65 bits per heavy atom. The number of nitrogens with one attached hydrogen (secondary N) is 1. The molecule has 1 aliphatic rings. The Bertz CT molecular complexity index is 533. The minimum Gasteiger partial charge on any atom is -0.326 e. The molecule has 0 aromatic heterocycles. The summed E-state index contributed by atoms with van der Waals surface area (Å²) in [6, 6.07) is 6.38. The Balaban J connectivity index is 2.41. The quantitative estimate of drug-likeness (QED) is 0.818. The van der Waals surface area contributed by atoms with E-state index in [4.69, 9.17) is 17.3 Å². The van der Waals surface area contributed by atoms with Gasteiger partial charge < -0.3 is 5.73 Å². The third-order valence-corrected chi connectivity index (χ3v) is 3.89. The molecule has 0 aliphatic carbocycles. The maximum absolute atomic E-state index is 11.8. The average molecular weight is 296 g/mol. The Morgan fingerprint density at radius 2 is 2.05 bits per heavy atom. The fourth-order valence-corrected chi connectivity index (χ4v) is 2.80. The van der Waals surface area contributed by atoms with Gasteiger partial charge in [0.05, 0.1) is 18.6 Å². The van der Waals surface area contributed by atoms with E-state index in [2.05, 4.69) is 5.32 Å². The maximum Gasteiger partial charge on any atom is 0.243 e. The van der Waals surface area contributed by atoms with Crippen molar-refractivity contribution in [3.8, 4) is 0 Å². The lowest BCUT2D eigenvalue weighted by molar-refractivity contribution is -0.141. The fraction of sp³-hybridized carbons (Fsp3) is 0.429. The van der Waals surface area contributed by atoms with Crippen LogP contribution in [0.15, 0.2) is 24.3 Å². The first-order chi connectivity index (χ1) is 9.41. The van der Waals surface area contributed by atoms with Crippen LogP contribution in [-0.4, -0.2) is 35.3 Å². The van der Waals surface area contributed by atoms with Crippen LogP contribution in [0.3, 0.4) is 0 Å². The summed E-state index contributed by atoms with van der Waals surface area (Å²) in [4.78, 5) is 25.2. The molecular weight excluding hydrogens is 278 g/mol. The summed E-state index contributed by atoms with van der Waals surface area (Å²) >= 11 is 6.24. The van der Waals surface area contributed by atoms with Crippen molar-refractivity contribution in [1.82, 2.24) is 10.2 Å². The standard InChI is InChI=1S/C14H18ClN3O2/c1-8(16)13(10-5-3-4-6-11(10)15)18-7-12(19)17-14(20)9(18)2/h3-6,8-9,13H,7,16H2,1-2H3,(H,17,19,20). The van der Waals surface area contributed by atoms with Crippen molar-refractivity contribution in [3.63, 3.8) is 0 Å². The number of carbonyl (C=O) groups excluding carboxylic acids is 2. The molecule has 1 saturated heterocycles. The van der Waals surface area contributed by atoms with Gasteiger partial charge in [0.25, 0.3) is 0 Å². The Morgan fingerprint density at radius 1 is 1.40 bits per heavy atom. The zero-order valence-corrected chi connectivity index (χ0v) is 12.2. The zero-order valence-electron chi connectivity index (χ0n) is 11.5. The lowest BCUT2D eigenvalue weighted by Crippen LogP contribution is -2.59. The molecule has 0 radical (unpaired) electrons. The molecular formula is C14H18ClN3O2. The van der Waals surface area contributed by atoms with Crippen molar-refractivity contribution >= 4 is 23.4 Å². The lowest BCUT2D eigenvalue weighted by atomic mass is 9.96. The Hall–Kier alpha value is -1.43. The number of hydrogen-bond donors (Lipinski definition) is 2. The van der Waals surface area contributed by atoms with Crippen LogP contribution in [0.5, 0.6) is 0 Å². The molecule has 3 atom stereocenters. The minimum atomic E-state index is -0.431. The van der Waals surface area contributed by atoms with Gasteiger partial charge in [0.1, 0.15) is 0 Å². The van der Waals surface area contributed by atoms with Crippen molar-refractivity contribution < 1.29 is 9.59 Å². The number of rotatable bonds is 3. The maximum atomic E-state index is 11.8. The zero-order chi connectivity index (χ0) is 14.9. The molecule has 1 fully saturated rings. The monoisotopic (exact) mass is 295 g/mol.